The van der Waals surface area contributed by atoms with E-state index in [9.17, 15) is 8.42 Å². The lowest BCUT2D eigenvalue weighted by atomic mass is 10.1. The summed E-state index contributed by atoms with van der Waals surface area (Å²) in [5.41, 5.74) is 2.14. The van der Waals surface area contributed by atoms with E-state index in [0.29, 0.717) is 5.11 Å². The molecule has 1 aliphatic rings. The van der Waals surface area contributed by atoms with E-state index in [0.717, 1.165) is 44.8 Å². The van der Waals surface area contributed by atoms with Gasteiger partial charge >= 0.3 is 0 Å². The topological polar surface area (TPSA) is 79.9 Å². The first-order valence-corrected chi connectivity index (χ1v) is 10.9. The summed E-state index contributed by atoms with van der Waals surface area (Å²) in [6.07, 6.45) is 1.09. The molecule has 0 aliphatic carbocycles. The predicted molar refractivity (Wildman–Crippen MR) is 111 cm³/mol. The fourth-order valence-corrected chi connectivity index (χ4v) is 3.99. The Labute approximate surface area is 166 Å². The first-order chi connectivity index (χ1) is 12.9. The van der Waals surface area contributed by atoms with Crippen molar-refractivity contribution >= 4 is 33.0 Å². The minimum atomic E-state index is -3.67. The minimum Gasteiger partial charge on any atom is -0.338 e. The van der Waals surface area contributed by atoms with E-state index in [1.54, 1.807) is 17.0 Å². The van der Waals surface area contributed by atoms with Gasteiger partial charge in [0.25, 0.3) is 0 Å². The number of hydrogen-bond donors (Lipinski definition) is 3. The average Bonchev–Trinajstić information content (AvgIpc) is 2.67. The van der Waals surface area contributed by atoms with Gasteiger partial charge in [-0.2, -0.15) is 0 Å². The number of piperazine rings is 1. The van der Waals surface area contributed by atoms with E-state index in [2.05, 4.69) is 34.5 Å². The molecule has 4 N–H and O–H groups in total. The highest BCUT2D eigenvalue weighted by atomic mass is 32.2. The van der Waals surface area contributed by atoms with Gasteiger partial charge in [-0.1, -0.05) is 30.3 Å². The van der Waals surface area contributed by atoms with Crippen LogP contribution in [0.1, 0.15) is 5.56 Å². The van der Waals surface area contributed by atoms with Gasteiger partial charge in [-0.25, -0.2) is 13.6 Å². The maximum absolute atomic E-state index is 11.3. The van der Waals surface area contributed by atoms with Crippen molar-refractivity contribution in [1.82, 2.24) is 4.90 Å². The number of hydrogen-bond acceptors (Lipinski definition) is 3. The molecule has 8 heteroatoms. The Balaban J connectivity index is 1.45. The lowest BCUT2D eigenvalue weighted by Crippen LogP contribution is -3.15. The lowest BCUT2D eigenvalue weighted by molar-refractivity contribution is -0.903. The molecule has 1 heterocycles. The third-order valence-corrected chi connectivity index (χ3v) is 6.09. The van der Waals surface area contributed by atoms with Crippen LogP contribution in [0.15, 0.2) is 59.5 Å². The Morgan fingerprint density at radius 2 is 1.70 bits per heavy atom. The Kier molecular flexibility index (Phi) is 6.43. The van der Waals surface area contributed by atoms with E-state index in [1.165, 1.54) is 17.7 Å². The molecule has 0 aromatic heterocycles. The second-order valence-corrected chi connectivity index (χ2v) is 8.67. The van der Waals surface area contributed by atoms with Gasteiger partial charge in [-0.05, 0) is 42.0 Å². The third-order valence-electron chi connectivity index (χ3n) is 4.80. The Morgan fingerprint density at radius 1 is 1.07 bits per heavy atom. The smallest absolute Gasteiger partial charge is 0.238 e. The standard InChI is InChI=1S/C19H24N4O2S2/c20-27(24,25)18-8-6-17(7-9-18)21-19(26)23-14-12-22(13-15-23)11-10-16-4-2-1-3-5-16/h1-9H,10-15H2,(H,21,26)(H2,20,24,25)/p+1. The van der Waals surface area contributed by atoms with Crippen LogP contribution >= 0.6 is 12.2 Å². The van der Waals surface area contributed by atoms with Crippen LogP contribution < -0.4 is 15.4 Å². The van der Waals surface area contributed by atoms with E-state index in [-0.39, 0.29) is 4.90 Å². The molecule has 0 spiro atoms. The number of nitrogens with two attached hydrogens (primary N) is 1. The second kappa shape index (κ2) is 8.79. The summed E-state index contributed by atoms with van der Waals surface area (Å²) in [4.78, 5) is 3.85. The van der Waals surface area contributed by atoms with Crippen molar-refractivity contribution in [3.63, 3.8) is 0 Å². The molecule has 0 unspecified atom stereocenters. The number of nitrogens with one attached hydrogen (secondary N) is 2. The van der Waals surface area contributed by atoms with Gasteiger partial charge < -0.3 is 15.1 Å². The highest BCUT2D eigenvalue weighted by molar-refractivity contribution is 7.89. The van der Waals surface area contributed by atoms with Gasteiger partial charge in [0.05, 0.1) is 37.6 Å². The van der Waals surface area contributed by atoms with Gasteiger partial charge in [0, 0.05) is 12.1 Å². The lowest BCUT2D eigenvalue weighted by Gasteiger charge is -2.34. The maximum Gasteiger partial charge on any atom is 0.238 e. The van der Waals surface area contributed by atoms with Crippen LogP contribution in [0.2, 0.25) is 0 Å². The molecule has 1 fully saturated rings. The highest BCUT2D eigenvalue weighted by Gasteiger charge is 2.21. The second-order valence-electron chi connectivity index (χ2n) is 6.72. The highest BCUT2D eigenvalue weighted by Crippen LogP contribution is 2.13. The molecule has 2 aromatic carbocycles. The Bertz CT molecular complexity index is 862. The van der Waals surface area contributed by atoms with E-state index < -0.39 is 10.0 Å². The summed E-state index contributed by atoms with van der Waals surface area (Å²) in [5.74, 6) is 0. The van der Waals surface area contributed by atoms with Crippen molar-refractivity contribution in [2.75, 3.05) is 38.0 Å². The zero-order valence-electron chi connectivity index (χ0n) is 15.1. The zero-order chi connectivity index (χ0) is 19.3. The molecule has 0 bridgehead atoms. The number of nitrogens with zero attached hydrogens (tertiary/aromatic N) is 1. The molecule has 1 aliphatic heterocycles. The fraction of sp³-hybridized carbons (Fsp3) is 0.316. The van der Waals surface area contributed by atoms with Gasteiger partial charge in [0.2, 0.25) is 10.0 Å². The average molecular weight is 406 g/mol. The number of primary sulfonamides is 1. The van der Waals surface area contributed by atoms with Crippen LogP contribution in [0.3, 0.4) is 0 Å². The molecule has 144 valence electrons. The summed E-state index contributed by atoms with van der Waals surface area (Å²) in [6.45, 7) is 5.06. The quantitative estimate of drug-likeness (QED) is 0.631. The van der Waals surface area contributed by atoms with Gasteiger partial charge in [-0.15, -0.1) is 0 Å². The van der Waals surface area contributed by atoms with Crippen LogP contribution in [0.25, 0.3) is 0 Å². The summed E-state index contributed by atoms with van der Waals surface area (Å²) in [5, 5.41) is 8.96. The van der Waals surface area contributed by atoms with E-state index in [4.69, 9.17) is 17.4 Å². The number of benzene rings is 2. The van der Waals surface area contributed by atoms with Crippen molar-refractivity contribution < 1.29 is 13.3 Å². The summed E-state index contributed by atoms with van der Waals surface area (Å²) in [6, 6.07) is 16.9. The minimum absolute atomic E-state index is 0.0922. The van der Waals surface area contributed by atoms with Crippen molar-refractivity contribution in [2.24, 2.45) is 5.14 Å². The SMILES string of the molecule is NS(=O)(=O)c1ccc(NC(=S)N2CC[NH+](CCc3ccccc3)CC2)cc1. The Morgan fingerprint density at radius 3 is 2.30 bits per heavy atom. The molecule has 0 radical (unpaired) electrons. The molecule has 3 rings (SSSR count). The van der Waals surface area contributed by atoms with Crippen molar-refractivity contribution in [1.29, 1.82) is 0 Å². The first kappa shape index (κ1) is 19.8. The molecule has 6 nitrogen and oxygen atoms in total. The van der Waals surface area contributed by atoms with E-state index >= 15 is 0 Å². The Hall–Kier alpha value is -2.00. The van der Waals surface area contributed by atoms with Gasteiger partial charge in [-0.3, -0.25) is 0 Å². The maximum atomic E-state index is 11.3. The fourth-order valence-electron chi connectivity index (χ4n) is 3.17. The summed E-state index contributed by atoms with van der Waals surface area (Å²) in [7, 11) is -3.67. The third kappa shape index (κ3) is 5.74. The summed E-state index contributed by atoms with van der Waals surface area (Å²) >= 11 is 5.50. The number of sulfonamides is 1. The van der Waals surface area contributed by atoms with E-state index in [1.807, 2.05) is 6.07 Å². The molecule has 1 saturated heterocycles. The van der Waals surface area contributed by atoms with Crippen LogP contribution in [-0.2, 0) is 16.4 Å². The monoisotopic (exact) mass is 405 g/mol. The molecule has 0 saturated carbocycles. The molecule has 2 aromatic rings. The van der Waals surface area contributed by atoms with Crippen LogP contribution in [0.5, 0.6) is 0 Å². The van der Waals surface area contributed by atoms with Crippen molar-refractivity contribution in [3.8, 4) is 0 Å². The molecule has 27 heavy (non-hydrogen) atoms. The number of quaternary nitrogens is 1. The van der Waals surface area contributed by atoms with Gasteiger partial charge in [0.1, 0.15) is 0 Å². The van der Waals surface area contributed by atoms with Crippen molar-refractivity contribution in [3.05, 3.63) is 60.2 Å². The number of anilines is 1. The van der Waals surface area contributed by atoms with Gasteiger partial charge in [0.15, 0.2) is 5.11 Å². The van der Waals surface area contributed by atoms with Crippen LogP contribution in [-0.4, -0.2) is 51.2 Å². The number of rotatable bonds is 5. The predicted octanol–water partition coefficient (Wildman–Crippen LogP) is 0.474. The van der Waals surface area contributed by atoms with Crippen LogP contribution in [0, 0.1) is 0 Å². The van der Waals surface area contributed by atoms with Crippen LogP contribution in [0.4, 0.5) is 5.69 Å². The first-order valence-electron chi connectivity index (χ1n) is 8.98. The van der Waals surface area contributed by atoms with Crippen molar-refractivity contribution in [2.45, 2.75) is 11.3 Å². The molecular weight excluding hydrogens is 380 g/mol. The summed E-state index contributed by atoms with van der Waals surface area (Å²) < 4.78 is 22.6. The largest absolute Gasteiger partial charge is 0.338 e. The zero-order valence-corrected chi connectivity index (χ0v) is 16.7. The molecule has 0 amide bonds. The number of thiocarbonyl (C=S) groups is 1. The molecular formula is C19H25N4O2S2+. The molecule has 0 atom stereocenters. The normalized spacial score (nSPS) is 15.5.